The van der Waals surface area contributed by atoms with Crippen molar-refractivity contribution in [3.63, 3.8) is 0 Å². The van der Waals surface area contributed by atoms with E-state index in [1.54, 1.807) is 48.7 Å². The van der Waals surface area contributed by atoms with Crippen molar-refractivity contribution in [2.45, 2.75) is 12.6 Å². The summed E-state index contributed by atoms with van der Waals surface area (Å²) in [6.45, 7) is 0.0369. The van der Waals surface area contributed by atoms with Crippen LogP contribution in [-0.2, 0) is 16.1 Å². The van der Waals surface area contributed by atoms with Gasteiger partial charge < -0.3 is 19.8 Å². The number of phenolic OH excluding ortho intramolecular Hbond substituents is 1. The predicted molar refractivity (Wildman–Crippen MR) is 118 cm³/mol. The molecule has 1 saturated heterocycles. The van der Waals surface area contributed by atoms with E-state index in [-0.39, 0.29) is 29.2 Å². The average molecular weight is 451 g/mol. The highest BCUT2D eigenvalue weighted by atomic mass is 35.5. The molecular weight excluding hydrogens is 432 g/mol. The van der Waals surface area contributed by atoms with Crippen LogP contribution in [0.3, 0.4) is 0 Å². The van der Waals surface area contributed by atoms with Gasteiger partial charge in [-0.2, -0.15) is 0 Å². The number of nitrogens with zero attached hydrogens (tertiary/aromatic N) is 2. The molecule has 3 aromatic rings. The molecule has 0 bridgehead atoms. The van der Waals surface area contributed by atoms with Crippen LogP contribution in [0.15, 0.2) is 72.4 Å². The molecule has 1 atom stereocenters. The first kappa shape index (κ1) is 21.4. The molecule has 0 spiro atoms. The van der Waals surface area contributed by atoms with Gasteiger partial charge in [0.25, 0.3) is 11.7 Å². The number of aromatic hydroxyl groups is 1. The second kappa shape index (κ2) is 8.72. The molecule has 1 aromatic heterocycles. The maximum Gasteiger partial charge on any atom is 0.296 e. The summed E-state index contributed by atoms with van der Waals surface area (Å²) < 4.78 is 5.31. The molecule has 0 aliphatic carbocycles. The van der Waals surface area contributed by atoms with Gasteiger partial charge in [0.05, 0.1) is 36.5 Å². The Bertz CT molecular complexity index is 1230. The van der Waals surface area contributed by atoms with Crippen LogP contribution >= 0.6 is 11.6 Å². The maximum atomic E-state index is 13.1. The van der Waals surface area contributed by atoms with E-state index < -0.39 is 23.5 Å². The molecule has 0 saturated carbocycles. The quantitative estimate of drug-likeness (QED) is 0.345. The van der Waals surface area contributed by atoms with Gasteiger partial charge in [-0.3, -0.25) is 14.6 Å². The van der Waals surface area contributed by atoms with Gasteiger partial charge in [-0.15, -0.1) is 0 Å². The summed E-state index contributed by atoms with van der Waals surface area (Å²) in [5.74, 6) is -1.80. The predicted octanol–water partition coefficient (Wildman–Crippen LogP) is 4.07. The summed E-state index contributed by atoms with van der Waals surface area (Å²) in [6.07, 6.45) is 1.59. The molecule has 1 amide bonds. The van der Waals surface area contributed by atoms with Crippen molar-refractivity contribution in [3.05, 3.63) is 94.3 Å². The number of aliphatic hydroxyl groups is 1. The fourth-order valence-corrected chi connectivity index (χ4v) is 3.93. The third kappa shape index (κ3) is 3.90. The van der Waals surface area contributed by atoms with E-state index in [9.17, 15) is 19.8 Å². The Balaban J connectivity index is 1.92. The number of carbonyl (C=O) groups is 2. The molecule has 8 heteroatoms. The normalized spacial score (nSPS) is 17.6. The van der Waals surface area contributed by atoms with Crippen LogP contribution < -0.4 is 4.74 Å². The molecule has 1 aliphatic rings. The summed E-state index contributed by atoms with van der Waals surface area (Å²) >= 11 is 6.11. The van der Waals surface area contributed by atoms with Gasteiger partial charge in [0.2, 0.25) is 0 Å². The summed E-state index contributed by atoms with van der Waals surface area (Å²) in [5.41, 5.74) is 1.08. The smallest absolute Gasteiger partial charge is 0.296 e. The van der Waals surface area contributed by atoms with Crippen molar-refractivity contribution in [2.75, 3.05) is 7.11 Å². The molecule has 2 N–H and O–H groups in total. The zero-order valence-corrected chi connectivity index (χ0v) is 17.8. The maximum absolute atomic E-state index is 13.1. The minimum atomic E-state index is -0.951. The standard InChI is InChI=1S/C24H19ClN2O5/c1-32-19-9-8-15(25)12-18(19)22(29)20-21(14-5-4-7-17(28)11-14)27(24(31)23(20)30)13-16-6-2-3-10-26-16/h2-12,21,28-29H,13H2,1H3/b22-20+. The molecule has 2 heterocycles. The van der Waals surface area contributed by atoms with E-state index in [1.807, 2.05) is 0 Å². The van der Waals surface area contributed by atoms with Crippen LogP contribution in [0.25, 0.3) is 5.76 Å². The molecule has 1 fully saturated rings. The van der Waals surface area contributed by atoms with E-state index in [1.165, 1.54) is 30.2 Å². The van der Waals surface area contributed by atoms with Crippen LogP contribution in [0.2, 0.25) is 5.02 Å². The number of aromatic nitrogens is 1. The van der Waals surface area contributed by atoms with Gasteiger partial charge in [0.1, 0.15) is 17.3 Å². The Kier molecular flexibility index (Phi) is 5.83. The van der Waals surface area contributed by atoms with Gasteiger partial charge in [-0.1, -0.05) is 29.8 Å². The zero-order chi connectivity index (χ0) is 22.8. The number of benzene rings is 2. The molecular formula is C24H19ClN2O5. The zero-order valence-electron chi connectivity index (χ0n) is 17.0. The number of halogens is 1. The first-order valence-electron chi connectivity index (χ1n) is 9.72. The van der Waals surface area contributed by atoms with Crippen LogP contribution in [0.1, 0.15) is 22.9 Å². The molecule has 7 nitrogen and oxygen atoms in total. The Morgan fingerprint density at radius 2 is 1.94 bits per heavy atom. The molecule has 1 aliphatic heterocycles. The molecule has 32 heavy (non-hydrogen) atoms. The molecule has 4 rings (SSSR count). The second-order valence-electron chi connectivity index (χ2n) is 7.19. The topological polar surface area (TPSA) is 100.0 Å². The van der Waals surface area contributed by atoms with Crippen LogP contribution in [0, 0.1) is 0 Å². The Morgan fingerprint density at radius 1 is 1.12 bits per heavy atom. The molecule has 1 unspecified atom stereocenters. The van der Waals surface area contributed by atoms with Gasteiger partial charge in [0, 0.05) is 11.2 Å². The van der Waals surface area contributed by atoms with Crippen molar-refractivity contribution < 1.29 is 24.5 Å². The van der Waals surface area contributed by atoms with Crippen LogP contribution in [0.5, 0.6) is 11.5 Å². The Morgan fingerprint density at radius 3 is 2.62 bits per heavy atom. The number of amides is 1. The highest BCUT2D eigenvalue weighted by Crippen LogP contribution is 2.42. The number of likely N-dealkylation sites (tertiary alicyclic amines) is 1. The number of ether oxygens (including phenoxy) is 1. The van der Waals surface area contributed by atoms with Crippen molar-refractivity contribution in [2.24, 2.45) is 0 Å². The lowest BCUT2D eigenvalue weighted by Crippen LogP contribution is -2.29. The Labute approximate surface area is 189 Å². The average Bonchev–Trinajstić information content (AvgIpc) is 3.04. The second-order valence-corrected chi connectivity index (χ2v) is 7.62. The van der Waals surface area contributed by atoms with E-state index in [2.05, 4.69) is 4.98 Å². The fourth-order valence-electron chi connectivity index (χ4n) is 3.76. The van der Waals surface area contributed by atoms with E-state index >= 15 is 0 Å². The van der Waals surface area contributed by atoms with Gasteiger partial charge in [0.15, 0.2) is 0 Å². The minimum Gasteiger partial charge on any atom is -0.508 e. The number of ketones is 1. The highest BCUT2D eigenvalue weighted by molar-refractivity contribution is 6.46. The summed E-state index contributed by atoms with van der Waals surface area (Å²) in [7, 11) is 1.42. The Hall–Kier alpha value is -3.84. The van der Waals surface area contributed by atoms with Crippen LogP contribution in [0.4, 0.5) is 0 Å². The lowest BCUT2D eigenvalue weighted by molar-refractivity contribution is -0.140. The number of phenols is 1. The number of carbonyl (C=O) groups excluding carboxylic acids is 2. The van der Waals surface area contributed by atoms with Crippen molar-refractivity contribution >= 4 is 29.1 Å². The van der Waals surface area contributed by atoms with Crippen LogP contribution in [-0.4, -0.2) is 38.9 Å². The number of methoxy groups -OCH3 is 1. The third-order valence-corrected chi connectivity index (χ3v) is 5.44. The minimum absolute atomic E-state index is 0.0359. The third-order valence-electron chi connectivity index (χ3n) is 5.20. The van der Waals surface area contributed by atoms with Crippen molar-refractivity contribution in [1.29, 1.82) is 0 Å². The SMILES string of the molecule is COc1ccc(Cl)cc1/C(O)=C1\C(=O)C(=O)N(Cc2ccccn2)C1c1cccc(O)c1. The van der Waals surface area contributed by atoms with Gasteiger partial charge in [-0.05, 0) is 48.0 Å². The lowest BCUT2D eigenvalue weighted by atomic mass is 9.94. The van der Waals surface area contributed by atoms with Crippen molar-refractivity contribution in [3.8, 4) is 11.5 Å². The first-order valence-corrected chi connectivity index (χ1v) is 10.1. The number of hydrogen-bond acceptors (Lipinski definition) is 6. The van der Waals surface area contributed by atoms with Gasteiger partial charge >= 0.3 is 0 Å². The van der Waals surface area contributed by atoms with E-state index in [4.69, 9.17) is 16.3 Å². The van der Waals surface area contributed by atoms with E-state index in [0.29, 0.717) is 16.3 Å². The molecule has 0 radical (unpaired) electrons. The van der Waals surface area contributed by atoms with Crippen molar-refractivity contribution in [1.82, 2.24) is 9.88 Å². The summed E-state index contributed by atoms with van der Waals surface area (Å²) in [5, 5.41) is 21.5. The summed E-state index contributed by atoms with van der Waals surface area (Å²) in [4.78, 5) is 31.7. The first-order chi connectivity index (χ1) is 15.4. The molecule has 162 valence electrons. The monoisotopic (exact) mass is 450 g/mol. The largest absolute Gasteiger partial charge is 0.508 e. The fraction of sp³-hybridized carbons (Fsp3) is 0.125. The van der Waals surface area contributed by atoms with Gasteiger partial charge in [-0.25, -0.2) is 0 Å². The molecule has 2 aromatic carbocycles. The summed E-state index contributed by atoms with van der Waals surface area (Å²) in [6, 6.07) is 15.1. The number of Topliss-reactive ketones (excluding diaryl/α,β-unsaturated/α-hetero) is 1. The lowest BCUT2D eigenvalue weighted by Gasteiger charge is -2.25. The highest BCUT2D eigenvalue weighted by Gasteiger charge is 2.46. The number of aliphatic hydroxyl groups excluding tert-OH is 1. The van der Waals surface area contributed by atoms with E-state index in [0.717, 1.165) is 0 Å². The number of rotatable bonds is 5. The number of pyridine rings is 1. The number of hydrogen-bond donors (Lipinski definition) is 2.